The smallest absolute Gasteiger partial charge is 0.152 e. The second kappa shape index (κ2) is 3.42. The molecule has 1 heterocycles. The Morgan fingerprint density at radius 3 is 2.82 bits per heavy atom. The molecule has 0 aromatic carbocycles. The lowest BCUT2D eigenvalue weighted by Gasteiger charge is -2.19. The standard InChI is InChI=1S/C5H8BrClN4/c6-3(8)2-4(7)10-1-11-5(2)9/h1,3-4H,8-9H2,(H,10,11). The highest BCUT2D eigenvalue weighted by Crippen LogP contribution is 2.20. The summed E-state index contributed by atoms with van der Waals surface area (Å²) in [6.45, 7) is 0. The maximum atomic E-state index is 5.79. The molecule has 0 spiro atoms. The van der Waals surface area contributed by atoms with E-state index in [2.05, 4.69) is 26.2 Å². The first kappa shape index (κ1) is 8.83. The van der Waals surface area contributed by atoms with Crippen LogP contribution >= 0.6 is 27.5 Å². The molecule has 11 heavy (non-hydrogen) atoms. The van der Waals surface area contributed by atoms with E-state index in [1.54, 1.807) is 0 Å². The summed E-state index contributed by atoms with van der Waals surface area (Å²) in [5.74, 6) is 0.462. The fourth-order valence-electron chi connectivity index (χ4n) is 0.744. The van der Waals surface area contributed by atoms with Gasteiger partial charge in [-0.2, -0.15) is 0 Å². The number of nitrogens with zero attached hydrogens (tertiary/aromatic N) is 1. The van der Waals surface area contributed by atoms with Crippen LogP contribution < -0.4 is 16.8 Å². The largest absolute Gasteiger partial charge is 0.385 e. The van der Waals surface area contributed by atoms with Gasteiger partial charge in [0.25, 0.3) is 0 Å². The molecule has 0 aromatic rings. The van der Waals surface area contributed by atoms with Crippen molar-refractivity contribution in [3.63, 3.8) is 0 Å². The van der Waals surface area contributed by atoms with E-state index in [1.807, 2.05) is 0 Å². The number of halogens is 2. The first-order valence-corrected chi connectivity index (χ1v) is 4.29. The Kier molecular flexibility index (Phi) is 2.75. The highest BCUT2D eigenvalue weighted by Gasteiger charge is 2.20. The van der Waals surface area contributed by atoms with Crippen LogP contribution in [-0.4, -0.2) is 16.8 Å². The van der Waals surface area contributed by atoms with Gasteiger partial charge in [0.05, 0.1) is 11.3 Å². The van der Waals surface area contributed by atoms with Crippen LogP contribution in [0, 0.1) is 0 Å². The molecule has 0 saturated carbocycles. The number of nitrogens with two attached hydrogens (primary N) is 2. The molecule has 2 atom stereocenters. The van der Waals surface area contributed by atoms with Crippen LogP contribution in [-0.2, 0) is 0 Å². The van der Waals surface area contributed by atoms with Crippen LogP contribution in [0.25, 0.3) is 0 Å². The molecule has 2 unspecified atom stereocenters. The summed E-state index contributed by atoms with van der Waals surface area (Å²) in [5.41, 5.74) is 11.3. The average molecular weight is 240 g/mol. The van der Waals surface area contributed by atoms with Crippen molar-refractivity contribution in [1.29, 1.82) is 0 Å². The molecule has 1 aliphatic heterocycles. The van der Waals surface area contributed by atoms with Crippen molar-refractivity contribution in [3.8, 4) is 0 Å². The predicted molar refractivity (Wildman–Crippen MR) is 49.4 cm³/mol. The first-order valence-electron chi connectivity index (χ1n) is 2.94. The van der Waals surface area contributed by atoms with Crippen LogP contribution in [0.15, 0.2) is 16.4 Å². The number of hydrogen-bond acceptors (Lipinski definition) is 4. The van der Waals surface area contributed by atoms with E-state index in [9.17, 15) is 0 Å². The van der Waals surface area contributed by atoms with E-state index in [0.29, 0.717) is 11.4 Å². The highest BCUT2D eigenvalue weighted by molar-refractivity contribution is 9.09. The van der Waals surface area contributed by atoms with Gasteiger partial charge in [0.1, 0.15) is 5.82 Å². The Balaban J connectivity index is 2.86. The molecule has 4 nitrogen and oxygen atoms in total. The van der Waals surface area contributed by atoms with Gasteiger partial charge in [-0.05, 0) is 0 Å². The zero-order valence-corrected chi connectivity index (χ0v) is 7.93. The summed E-state index contributed by atoms with van der Waals surface area (Å²) in [6, 6.07) is 0. The lowest BCUT2D eigenvalue weighted by Crippen LogP contribution is -2.34. The Morgan fingerprint density at radius 1 is 1.82 bits per heavy atom. The molecular formula is C5H8BrClN4. The van der Waals surface area contributed by atoms with Crippen molar-refractivity contribution < 1.29 is 0 Å². The summed E-state index contributed by atoms with van der Waals surface area (Å²) in [4.78, 5) is 3.51. The summed E-state index contributed by atoms with van der Waals surface area (Å²) < 4.78 is 0. The van der Waals surface area contributed by atoms with E-state index in [4.69, 9.17) is 23.1 Å². The summed E-state index contributed by atoms with van der Waals surface area (Å²) in [7, 11) is 0. The number of alkyl halides is 2. The zero-order chi connectivity index (χ0) is 8.43. The molecule has 1 rings (SSSR count). The average Bonchev–Trinajstić information content (AvgIpc) is 1.85. The predicted octanol–water partition coefficient (Wildman–Crippen LogP) is 0.0328. The van der Waals surface area contributed by atoms with Crippen molar-refractivity contribution in [2.75, 3.05) is 0 Å². The second-order valence-electron chi connectivity index (χ2n) is 2.03. The highest BCUT2D eigenvalue weighted by atomic mass is 79.9. The summed E-state index contributed by atoms with van der Waals surface area (Å²) >= 11 is 8.95. The lowest BCUT2D eigenvalue weighted by atomic mass is 10.2. The Bertz CT molecular complexity index is 213. The number of nitrogens with one attached hydrogen (secondary N) is 1. The van der Waals surface area contributed by atoms with Gasteiger partial charge < -0.3 is 16.8 Å². The minimum Gasteiger partial charge on any atom is -0.385 e. The van der Waals surface area contributed by atoms with Crippen LogP contribution in [0.4, 0.5) is 0 Å². The quantitative estimate of drug-likeness (QED) is 0.446. The summed E-state index contributed by atoms with van der Waals surface area (Å²) in [6.07, 6.45) is 1.45. The molecule has 0 bridgehead atoms. The Labute approximate surface area is 77.8 Å². The van der Waals surface area contributed by atoms with E-state index >= 15 is 0 Å². The Hall–Kier alpha value is -0.260. The maximum absolute atomic E-state index is 5.79. The van der Waals surface area contributed by atoms with Gasteiger partial charge in [-0.25, -0.2) is 0 Å². The van der Waals surface area contributed by atoms with Gasteiger partial charge in [-0.15, -0.1) is 0 Å². The van der Waals surface area contributed by atoms with Gasteiger partial charge in [0.15, 0.2) is 5.50 Å². The first-order chi connectivity index (χ1) is 5.13. The van der Waals surface area contributed by atoms with Gasteiger partial charge in [-0.1, -0.05) is 27.5 Å². The zero-order valence-electron chi connectivity index (χ0n) is 5.59. The molecule has 0 aromatic heterocycles. The van der Waals surface area contributed by atoms with Crippen molar-refractivity contribution in [2.24, 2.45) is 16.5 Å². The van der Waals surface area contributed by atoms with Crippen LogP contribution in [0.3, 0.4) is 0 Å². The van der Waals surface area contributed by atoms with Gasteiger partial charge >= 0.3 is 0 Å². The van der Waals surface area contributed by atoms with Crippen molar-refractivity contribution in [2.45, 2.75) is 10.5 Å². The topological polar surface area (TPSA) is 76.4 Å². The molecule has 0 fully saturated rings. The molecule has 0 aliphatic carbocycles. The SMILES string of the molecule is NC1=C(C(N)Br)C(Cl)N=CN1. The van der Waals surface area contributed by atoms with Gasteiger partial charge in [-0.3, -0.25) is 4.99 Å². The molecule has 0 saturated heterocycles. The molecule has 6 heteroatoms. The third-order valence-corrected chi connectivity index (χ3v) is 2.13. The Morgan fingerprint density at radius 2 is 2.45 bits per heavy atom. The molecule has 1 aliphatic rings. The normalized spacial score (nSPS) is 26.6. The fourth-order valence-corrected chi connectivity index (χ4v) is 1.70. The molecular weight excluding hydrogens is 231 g/mol. The van der Waals surface area contributed by atoms with Gasteiger partial charge in [0.2, 0.25) is 0 Å². The molecule has 62 valence electrons. The minimum absolute atomic E-state index is 0.352. The molecule has 0 radical (unpaired) electrons. The van der Waals surface area contributed by atoms with Crippen LogP contribution in [0.1, 0.15) is 0 Å². The van der Waals surface area contributed by atoms with E-state index in [1.165, 1.54) is 6.34 Å². The third-order valence-electron chi connectivity index (χ3n) is 1.29. The number of rotatable bonds is 1. The van der Waals surface area contributed by atoms with Gasteiger partial charge in [0, 0.05) is 5.57 Å². The third kappa shape index (κ3) is 1.85. The van der Waals surface area contributed by atoms with Crippen molar-refractivity contribution >= 4 is 33.9 Å². The van der Waals surface area contributed by atoms with Crippen LogP contribution in [0.5, 0.6) is 0 Å². The van der Waals surface area contributed by atoms with Crippen molar-refractivity contribution in [1.82, 2.24) is 5.32 Å². The van der Waals surface area contributed by atoms with E-state index in [-0.39, 0.29) is 4.95 Å². The maximum Gasteiger partial charge on any atom is 0.152 e. The van der Waals surface area contributed by atoms with E-state index < -0.39 is 5.50 Å². The van der Waals surface area contributed by atoms with Crippen molar-refractivity contribution in [3.05, 3.63) is 11.4 Å². The number of hydrogen-bond donors (Lipinski definition) is 3. The van der Waals surface area contributed by atoms with E-state index in [0.717, 1.165) is 0 Å². The lowest BCUT2D eigenvalue weighted by molar-refractivity contribution is 0.855. The minimum atomic E-state index is -0.467. The molecule has 0 amide bonds. The monoisotopic (exact) mass is 238 g/mol. The fraction of sp³-hybridized carbons (Fsp3) is 0.400. The molecule has 5 N–H and O–H groups in total. The number of aliphatic imine (C=N–C) groups is 1. The van der Waals surface area contributed by atoms with Crippen LogP contribution in [0.2, 0.25) is 0 Å². The summed E-state index contributed by atoms with van der Waals surface area (Å²) in [5, 5.41) is 2.72. The second-order valence-corrected chi connectivity index (χ2v) is 3.43.